The molecule has 448 valence electrons. The number of rotatable bonds is 26. The van der Waals surface area contributed by atoms with Crippen molar-refractivity contribution in [2.24, 2.45) is 16.6 Å². The molecule has 0 aliphatic heterocycles. The van der Waals surface area contributed by atoms with E-state index in [0.717, 1.165) is 22.3 Å². The number of carboxylic acids is 1. The van der Waals surface area contributed by atoms with Gasteiger partial charge in [0.25, 0.3) is 0 Å². The fourth-order valence-electron chi connectivity index (χ4n) is 9.04. The molecule has 0 aliphatic carbocycles. The minimum atomic E-state index is -4.84. The zero-order valence-corrected chi connectivity index (χ0v) is 49.3. The number of aromatic nitrogens is 1. The van der Waals surface area contributed by atoms with E-state index in [9.17, 15) is 56.7 Å². The first-order chi connectivity index (χ1) is 37.8. The van der Waals surface area contributed by atoms with Gasteiger partial charge in [0.05, 0.1) is 13.0 Å². The van der Waals surface area contributed by atoms with Crippen LogP contribution in [0.25, 0.3) is 10.9 Å². The van der Waals surface area contributed by atoms with Crippen molar-refractivity contribution >= 4 is 74.7 Å². The van der Waals surface area contributed by atoms with Crippen LogP contribution in [0, 0.1) is 31.6 Å². The average Bonchev–Trinajstić information content (AvgIpc) is 3.74. The molecule has 3 aromatic carbocycles. The number of alkyl carbamates (subject to hydrolysis) is 1. The van der Waals surface area contributed by atoms with Crippen LogP contribution in [-0.2, 0) is 72.8 Å². The van der Waals surface area contributed by atoms with Crippen molar-refractivity contribution in [1.82, 2.24) is 42.2 Å². The number of ether oxygens (including phenoxy) is 1. The number of aryl methyl sites for hydroxylation is 3. The molecular formula is C57H79N9O15S. The number of H-pyrrole nitrogens is 1. The van der Waals surface area contributed by atoms with Crippen molar-refractivity contribution in [1.29, 1.82) is 0 Å². The highest BCUT2D eigenvalue weighted by Gasteiger charge is 2.36. The van der Waals surface area contributed by atoms with Crippen LogP contribution >= 0.6 is 0 Å². The van der Waals surface area contributed by atoms with Crippen LogP contribution in [0.3, 0.4) is 0 Å². The standard InChI is InChI=1S/C57H79N9O15S/c1-31-21-32(2)38(33(3)22-31)25-40(48(58)70)62-52(74)43(26-47(68)69)63-53(75)45(28-56(7,8)9)65-51(73)42(24-35-29-59-39-16-14-13-15-37(35)39)61-46(67)30-60-49(71)44(27-55(4,5)6)64-50(72)41(66-54(76)80-57(10,11)12)23-34-17-19-36(20-18-34)81-82(77,78)79/h13-22,29,40-45,59H,23-28,30H2,1-12H3,(H2,58,70)(H,60,71)(H,61,67)(H,62,74)(H,63,75)(H,64,72)(H,65,73)(H,66,76)(H,68,69)(H,77,78,79)/t40-,41+,42+,43+,44+,45+/m1/s1. The molecule has 6 atom stereocenters. The Labute approximate surface area is 477 Å². The Bertz CT molecular complexity index is 3080. The van der Waals surface area contributed by atoms with E-state index >= 15 is 0 Å². The highest BCUT2D eigenvalue weighted by atomic mass is 32.3. The zero-order chi connectivity index (χ0) is 61.7. The fraction of sp³-hybridized carbons (Fsp3) is 0.491. The lowest BCUT2D eigenvalue weighted by atomic mass is 9.87. The van der Waals surface area contributed by atoms with E-state index in [0.29, 0.717) is 22.0 Å². The highest BCUT2D eigenvalue weighted by Crippen LogP contribution is 2.25. The molecule has 1 heterocycles. The number of nitrogens with two attached hydrogens (primary N) is 1. The Hall–Kier alpha value is -8.06. The van der Waals surface area contributed by atoms with Crippen molar-refractivity contribution in [2.75, 3.05) is 6.54 Å². The monoisotopic (exact) mass is 1160 g/mol. The van der Waals surface area contributed by atoms with Gasteiger partial charge in [-0.2, -0.15) is 8.42 Å². The van der Waals surface area contributed by atoms with Crippen LogP contribution in [0.2, 0.25) is 0 Å². The molecule has 0 radical (unpaired) electrons. The van der Waals surface area contributed by atoms with Gasteiger partial charge in [-0.15, -0.1) is 0 Å². The molecule has 0 fully saturated rings. The van der Waals surface area contributed by atoms with Crippen LogP contribution in [0.4, 0.5) is 4.79 Å². The largest absolute Gasteiger partial charge is 0.481 e. The van der Waals surface area contributed by atoms with Gasteiger partial charge in [-0.1, -0.05) is 89.6 Å². The van der Waals surface area contributed by atoms with Crippen LogP contribution in [-0.4, -0.2) is 125 Å². The summed E-state index contributed by atoms with van der Waals surface area (Å²) in [7, 11) is -4.84. The summed E-state index contributed by atoms with van der Waals surface area (Å²) in [5.74, 6) is -7.96. The molecule has 0 aliphatic rings. The summed E-state index contributed by atoms with van der Waals surface area (Å²) < 4.78 is 41.5. The van der Waals surface area contributed by atoms with Gasteiger partial charge in [0.1, 0.15) is 47.6 Å². The van der Waals surface area contributed by atoms with Crippen molar-refractivity contribution in [3.05, 3.63) is 100 Å². The Balaban J connectivity index is 1.59. The van der Waals surface area contributed by atoms with Crippen molar-refractivity contribution < 1.29 is 70.1 Å². The Morgan fingerprint density at radius 1 is 0.622 bits per heavy atom. The smallest absolute Gasteiger partial charge is 0.446 e. The number of nitrogens with one attached hydrogen (secondary N) is 8. The third-order valence-corrected chi connectivity index (χ3v) is 13.0. The van der Waals surface area contributed by atoms with Crippen molar-refractivity contribution in [2.45, 2.75) is 163 Å². The first-order valence-electron chi connectivity index (χ1n) is 26.5. The number of amides is 8. The number of para-hydroxylation sites is 1. The maximum Gasteiger partial charge on any atom is 0.446 e. The minimum absolute atomic E-state index is 0.0172. The number of carboxylic acid groups (broad SMARTS) is 1. The first kappa shape index (κ1) is 66.5. The number of primary amides is 1. The Kier molecular flexibility index (Phi) is 22.8. The van der Waals surface area contributed by atoms with E-state index in [-0.39, 0.29) is 37.9 Å². The summed E-state index contributed by atoms with van der Waals surface area (Å²) in [6.45, 7) is 20.4. The number of carbonyl (C=O) groups is 9. The molecule has 25 heteroatoms. The van der Waals surface area contributed by atoms with E-state index < -0.39 is 129 Å². The SMILES string of the molecule is Cc1cc(C)c(C[C@@H](NC(=O)[C@H](CC(=O)O)NC(=O)[C@H](CC(C)(C)C)NC(=O)[C@H](Cc2c[nH]c3ccccc23)NC(=O)CNC(=O)[C@H](CC(C)(C)C)NC(=O)[C@H](Cc2ccc(OS(=O)(=O)O)cc2)NC(=O)OC(C)(C)C)C(N)=O)c(C)c1. The molecular weight excluding hydrogens is 1080 g/mol. The Morgan fingerprint density at radius 2 is 1.12 bits per heavy atom. The van der Waals surface area contributed by atoms with Crippen molar-refractivity contribution in [3.63, 3.8) is 0 Å². The predicted molar refractivity (Wildman–Crippen MR) is 304 cm³/mol. The topological polar surface area (TPSA) is 373 Å². The zero-order valence-electron chi connectivity index (χ0n) is 48.5. The summed E-state index contributed by atoms with van der Waals surface area (Å²) >= 11 is 0. The van der Waals surface area contributed by atoms with E-state index in [2.05, 4.69) is 46.4 Å². The van der Waals surface area contributed by atoms with Crippen LogP contribution in [0.5, 0.6) is 5.75 Å². The molecule has 0 bridgehead atoms. The summed E-state index contributed by atoms with van der Waals surface area (Å²) in [6.07, 6.45) is -0.647. The number of fused-ring (bicyclic) bond motifs is 1. The second-order valence-electron chi connectivity index (χ2n) is 23.8. The summed E-state index contributed by atoms with van der Waals surface area (Å²) in [5, 5.41) is 28.6. The molecule has 4 rings (SSSR count). The van der Waals surface area contributed by atoms with Gasteiger partial charge in [0.2, 0.25) is 41.4 Å². The molecule has 0 saturated heterocycles. The number of aliphatic carboxylic acids is 1. The van der Waals surface area contributed by atoms with Gasteiger partial charge < -0.3 is 62.0 Å². The molecule has 0 spiro atoms. The summed E-state index contributed by atoms with van der Waals surface area (Å²) in [4.78, 5) is 126. The third kappa shape index (κ3) is 22.5. The maximum atomic E-state index is 14.6. The first-order valence-corrected chi connectivity index (χ1v) is 27.9. The highest BCUT2D eigenvalue weighted by molar-refractivity contribution is 7.81. The van der Waals surface area contributed by atoms with Gasteiger partial charge in [0.15, 0.2) is 0 Å². The van der Waals surface area contributed by atoms with Crippen molar-refractivity contribution in [3.8, 4) is 5.75 Å². The third-order valence-electron chi connectivity index (χ3n) is 12.6. The molecule has 12 N–H and O–H groups in total. The maximum absolute atomic E-state index is 14.6. The lowest BCUT2D eigenvalue weighted by molar-refractivity contribution is -0.141. The minimum Gasteiger partial charge on any atom is -0.481 e. The number of hydrogen-bond donors (Lipinski definition) is 11. The summed E-state index contributed by atoms with van der Waals surface area (Å²) in [6, 6.07) is 7.58. The number of carbonyl (C=O) groups excluding carboxylic acids is 8. The van der Waals surface area contributed by atoms with Gasteiger partial charge in [-0.25, -0.2) is 4.79 Å². The molecule has 8 amide bonds. The van der Waals surface area contributed by atoms with E-state index in [4.69, 9.17) is 15.0 Å². The normalized spacial score (nSPS) is 14.1. The lowest BCUT2D eigenvalue weighted by Crippen LogP contribution is -2.59. The predicted octanol–water partition coefficient (Wildman–Crippen LogP) is 3.57. The number of benzene rings is 3. The summed E-state index contributed by atoms with van der Waals surface area (Å²) in [5.41, 5.74) is 8.55. The molecule has 0 unspecified atom stereocenters. The van der Waals surface area contributed by atoms with E-state index in [1.165, 1.54) is 24.3 Å². The van der Waals surface area contributed by atoms with Gasteiger partial charge >= 0.3 is 22.5 Å². The fourth-order valence-corrected chi connectivity index (χ4v) is 9.39. The molecule has 0 saturated carbocycles. The van der Waals surface area contributed by atoms with Crippen LogP contribution < -0.4 is 47.1 Å². The molecule has 24 nitrogen and oxygen atoms in total. The second-order valence-corrected chi connectivity index (χ2v) is 24.8. The van der Waals surface area contributed by atoms with Crippen LogP contribution in [0.15, 0.2) is 66.9 Å². The van der Waals surface area contributed by atoms with E-state index in [1.807, 2.05) is 32.9 Å². The van der Waals surface area contributed by atoms with Gasteiger partial charge in [0, 0.05) is 36.4 Å². The lowest BCUT2D eigenvalue weighted by Gasteiger charge is -2.30. The van der Waals surface area contributed by atoms with E-state index in [1.54, 1.807) is 92.8 Å². The van der Waals surface area contributed by atoms with Crippen LogP contribution in [0.1, 0.15) is 115 Å². The Morgan fingerprint density at radius 3 is 1.65 bits per heavy atom. The average molecular weight is 1160 g/mol. The number of hydrogen-bond acceptors (Lipinski definition) is 13. The molecule has 4 aromatic rings. The second kappa shape index (κ2) is 28.1. The van der Waals surface area contributed by atoms with Gasteiger partial charge in [-0.3, -0.25) is 42.9 Å². The molecule has 1 aromatic heterocycles. The molecule has 82 heavy (non-hydrogen) atoms. The van der Waals surface area contributed by atoms with Gasteiger partial charge in [-0.05, 0) is 111 Å². The number of aromatic amines is 1. The quantitative estimate of drug-likeness (QED) is 0.0401.